The van der Waals surface area contributed by atoms with Gasteiger partial charge < -0.3 is 11.5 Å². The summed E-state index contributed by atoms with van der Waals surface area (Å²) in [4.78, 5) is 0. The van der Waals surface area contributed by atoms with Gasteiger partial charge >= 0.3 is 0 Å². The van der Waals surface area contributed by atoms with Gasteiger partial charge in [0.05, 0.1) is 6.54 Å². The Morgan fingerprint density at radius 3 is 2.46 bits per heavy atom. The summed E-state index contributed by atoms with van der Waals surface area (Å²) in [7, 11) is 1.83. The first kappa shape index (κ1) is 9.38. The minimum absolute atomic E-state index is 0.0819. The SMILES string of the molecule is CN(Cc1ccccc1)N=C(N)N. The Kier molecular flexibility index (Phi) is 3.14. The van der Waals surface area contributed by atoms with Crippen LogP contribution in [-0.2, 0) is 6.54 Å². The topological polar surface area (TPSA) is 67.6 Å². The number of guanidine groups is 1. The second-order valence-corrected chi connectivity index (χ2v) is 2.83. The number of hydrogen-bond donors (Lipinski definition) is 2. The Labute approximate surface area is 77.8 Å². The van der Waals surface area contributed by atoms with E-state index in [1.54, 1.807) is 5.01 Å². The van der Waals surface area contributed by atoms with E-state index in [1.807, 2.05) is 37.4 Å². The molecule has 0 aliphatic rings. The van der Waals surface area contributed by atoms with Crippen molar-refractivity contribution in [1.29, 1.82) is 0 Å². The van der Waals surface area contributed by atoms with E-state index in [1.165, 1.54) is 5.56 Å². The number of hydrogen-bond acceptors (Lipinski definition) is 2. The van der Waals surface area contributed by atoms with E-state index >= 15 is 0 Å². The maximum atomic E-state index is 5.23. The molecule has 0 bridgehead atoms. The van der Waals surface area contributed by atoms with Gasteiger partial charge in [0, 0.05) is 7.05 Å². The van der Waals surface area contributed by atoms with Crippen molar-refractivity contribution in [2.24, 2.45) is 16.6 Å². The van der Waals surface area contributed by atoms with E-state index < -0.39 is 0 Å². The first-order valence-electron chi connectivity index (χ1n) is 4.03. The Bertz CT molecular complexity index is 277. The molecule has 0 aliphatic heterocycles. The molecular weight excluding hydrogens is 164 g/mol. The molecule has 0 unspecified atom stereocenters. The Morgan fingerprint density at radius 1 is 1.31 bits per heavy atom. The van der Waals surface area contributed by atoms with Gasteiger partial charge in [0.25, 0.3) is 0 Å². The Hall–Kier alpha value is -1.71. The van der Waals surface area contributed by atoms with Gasteiger partial charge in [-0.2, -0.15) is 0 Å². The highest BCUT2D eigenvalue weighted by molar-refractivity contribution is 5.75. The quantitative estimate of drug-likeness (QED) is 0.397. The number of nitrogens with two attached hydrogens (primary N) is 2. The minimum Gasteiger partial charge on any atom is -0.369 e. The van der Waals surface area contributed by atoms with Gasteiger partial charge in [-0.1, -0.05) is 30.3 Å². The first-order valence-corrected chi connectivity index (χ1v) is 4.03. The highest BCUT2D eigenvalue weighted by Gasteiger charge is 1.95. The molecule has 4 nitrogen and oxygen atoms in total. The molecule has 0 spiro atoms. The lowest BCUT2D eigenvalue weighted by Gasteiger charge is -2.12. The van der Waals surface area contributed by atoms with Crippen molar-refractivity contribution in [3.05, 3.63) is 35.9 Å². The van der Waals surface area contributed by atoms with Crippen molar-refractivity contribution < 1.29 is 0 Å². The molecule has 4 N–H and O–H groups in total. The number of benzene rings is 1. The van der Waals surface area contributed by atoms with Gasteiger partial charge in [-0.3, -0.25) is 5.01 Å². The summed E-state index contributed by atoms with van der Waals surface area (Å²) in [6.07, 6.45) is 0. The Balaban J connectivity index is 2.55. The van der Waals surface area contributed by atoms with Gasteiger partial charge in [-0.15, -0.1) is 5.10 Å². The van der Waals surface area contributed by atoms with Crippen molar-refractivity contribution in [3.63, 3.8) is 0 Å². The van der Waals surface area contributed by atoms with Crippen LogP contribution in [0.5, 0.6) is 0 Å². The molecule has 1 rings (SSSR count). The van der Waals surface area contributed by atoms with Crippen molar-refractivity contribution in [3.8, 4) is 0 Å². The third-order valence-electron chi connectivity index (χ3n) is 1.54. The standard InChI is InChI=1S/C9H14N4/c1-13(12-9(10)11)7-8-5-3-2-4-6-8/h2-6H,7H2,1H3,(H4,10,11,12). The van der Waals surface area contributed by atoms with Gasteiger partial charge in [-0.25, -0.2) is 0 Å². The Morgan fingerprint density at radius 2 is 1.92 bits per heavy atom. The van der Waals surface area contributed by atoms with Crippen LogP contribution in [0.2, 0.25) is 0 Å². The first-order chi connectivity index (χ1) is 6.18. The maximum Gasteiger partial charge on any atom is 0.208 e. The van der Waals surface area contributed by atoms with Crippen LogP contribution in [-0.4, -0.2) is 18.0 Å². The van der Waals surface area contributed by atoms with Crippen molar-refractivity contribution in [2.75, 3.05) is 7.05 Å². The molecule has 0 saturated carbocycles. The van der Waals surface area contributed by atoms with Crippen LogP contribution in [0.25, 0.3) is 0 Å². The van der Waals surface area contributed by atoms with Gasteiger partial charge in [-0.05, 0) is 5.56 Å². The molecule has 0 aliphatic carbocycles. The molecule has 0 atom stereocenters. The zero-order valence-electron chi connectivity index (χ0n) is 7.64. The highest BCUT2D eigenvalue weighted by atomic mass is 15.5. The van der Waals surface area contributed by atoms with Crippen molar-refractivity contribution in [2.45, 2.75) is 6.54 Å². The van der Waals surface area contributed by atoms with Crippen LogP contribution in [0.15, 0.2) is 35.4 Å². The molecule has 0 fully saturated rings. The van der Waals surface area contributed by atoms with Crippen LogP contribution < -0.4 is 11.5 Å². The second kappa shape index (κ2) is 4.35. The molecule has 70 valence electrons. The molecule has 0 heterocycles. The molecule has 1 aromatic carbocycles. The molecule has 4 heteroatoms. The lowest BCUT2D eigenvalue weighted by molar-refractivity contribution is 0.346. The summed E-state index contributed by atoms with van der Waals surface area (Å²) >= 11 is 0. The predicted octanol–water partition coefficient (Wildman–Crippen LogP) is 0.307. The number of rotatable bonds is 3. The van der Waals surface area contributed by atoms with Crippen molar-refractivity contribution in [1.82, 2.24) is 5.01 Å². The van der Waals surface area contributed by atoms with E-state index in [2.05, 4.69) is 5.10 Å². The third-order valence-corrected chi connectivity index (χ3v) is 1.54. The summed E-state index contributed by atoms with van der Waals surface area (Å²) in [5.41, 5.74) is 11.6. The molecule has 0 radical (unpaired) electrons. The van der Waals surface area contributed by atoms with E-state index in [4.69, 9.17) is 11.5 Å². The summed E-state index contributed by atoms with van der Waals surface area (Å²) in [5.74, 6) is 0.0819. The molecule has 13 heavy (non-hydrogen) atoms. The highest BCUT2D eigenvalue weighted by Crippen LogP contribution is 2.01. The lowest BCUT2D eigenvalue weighted by Crippen LogP contribution is -2.27. The monoisotopic (exact) mass is 178 g/mol. The lowest BCUT2D eigenvalue weighted by atomic mass is 10.2. The normalized spacial score (nSPS) is 9.31. The number of nitrogens with zero attached hydrogens (tertiary/aromatic N) is 2. The van der Waals surface area contributed by atoms with E-state index in [-0.39, 0.29) is 5.96 Å². The third kappa shape index (κ3) is 3.46. The van der Waals surface area contributed by atoms with E-state index in [9.17, 15) is 0 Å². The van der Waals surface area contributed by atoms with E-state index in [0.717, 1.165) is 0 Å². The molecular formula is C9H14N4. The summed E-state index contributed by atoms with van der Waals surface area (Å²) < 4.78 is 0. The van der Waals surface area contributed by atoms with Crippen LogP contribution in [0.1, 0.15) is 5.56 Å². The predicted molar refractivity (Wildman–Crippen MR) is 53.7 cm³/mol. The van der Waals surface area contributed by atoms with Gasteiger partial charge in [0.1, 0.15) is 0 Å². The van der Waals surface area contributed by atoms with E-state index in [0.29, 0.717) is 6.54 Å². The zero-order valence-corrected chi connectivity index (χ0v) is 7.64. The van der Waals surface area contributed by atoms with Crippen LogP contribution in [0.3, 0.4) is 0 Å². The van der Waals surface area contributed by atoms with Crippen LogP contribution in [0, 0.1) is 0 Å². The maximum absolute atomic E-state index is 5.23. The average molecular weight is 178 g/mol. The summed E-state index contributed by atoms with van der Waals surface area (Å²) in [6, 6.07) is 10.00. The largest absolute Gasteiger partial charge is 0.369 e. The fourth-order valence-electron chi connectivity index (χ4n) is 1.08. The molecule has 0 aromatic heterocycles. The molecule has 0 amide bonds. The fourth-order valence-corrected chi connectivity index (χ4v) is 1.08. The fraction of sp³-hybridized carbons (Fsp3) is 0.222. The average Bonchev–Trinajstić information content (AvgIpc) is 2.04. The molecule has 0 saturated heterocycles. The second-order valence-electron chi connectivity index (χ2n) is 2.83. The minimum atomic E-state index is 0.0819. The van der Waals surface area contributed by atoms with Crippen LogP contribution in [0.4, 0.5) is 0 Å². The van der Waals surface area contributed by atoms with Crippen molar-refractivity contribution >= 4 is 5.96 Å². The number of hydrazone groups is 1. The van der Waals surface area contributed by atoms with Gasteiger partial charge in [0.15, 0.2) is 0 Å². The van der Waals surface area contributed by atoms with Gasteiger partial charge in [0.2, 0.25) is 5.96 Å². The smallest absolute Gasteiger partial charge is 0.208 e. The molecule has 1 aromatic rings. The summed E-state index contributed by atoms with van der Waals surface area (Å²) in [5, 5.41) is 5.58. The van der Waals surface area contributed by atoms with Crippen LogP contribution >= 0.6 is 0 Å². The zero-order chi connectivity index (χ0) is 9.68. The summed E-state index contributed by atoms with van der Waals surface area (Å²) in [6.45, 7) is 0.707.